The minimum atomic E-state index is -0.436. The highest BCUT2D eigenvalue weighted by Gasteiger charge is 2.30. The van der Waals surface area contributed by atoms with Crippen LogP contribution in [0.2, 0.25) is 5.02 Å². The number of carbonyl (C=O) groups is 2. The maximum absolute atomic E-state index is 12.3. The fourth-order valence-electron chi connectivity index (χ4n) is 3.12. The smallest absolute Gasteiger partial charge is 0.286 e. The van der Waals surface area contributed by atoms with Crippen LogP contribution >= 0.6 is 22.9 Å². The van der Waals surface area contributed by atoms with Gasteiger partial charge in [-0.3, -0.25) is 20.4 Å². The number of nitrogens with one attached hydrogen (secondary N) is 3. The first kappa shape index (κ1) is 18.0. The van der Waals surface area contributed by atoms with Crippen molar-refractivity contribution < 1.29 is 9.59 Å². The molecule has 0 spiro atoms. The SMILES string of the molecule is CC(C)(C)C1CCc2sc(C(=O)NNC(=O)c3cc(Cl)c[nH]3)cc2C1. The van der Waals surface area contributed by atoms with Gasteiger partial charge in [-0.25, -0.2) is 0 Å². The van der Waals surface area contributed by atoms with Crippen LogP contribution in [0.3, 0.4) is 0 Å². The molecule has 0 aliphatic heterocycles. The Labute approximate surface area is 156 Å². The van der Waals surface area contributed by atoms with E-state index in [0.29, 0.717) is 21.5 Å². The number of halogens is 1. The molecule has 3 rings (SSSR count). The molecule has 25 heavy (non-hydrogen) atoms. The molecule has 1 aliphatic carbocycles. The molecule has 0 aromatic carbocycles. The van der Waals surface area contributed by atoms with Crippen LogP contribution in [0.4, 0.5) is 0 Å². The zero-order valence-corrected chi connectivity index (χ0v) is 16.1. The molecule has 1 aliphatic rings. The van der Waals surface area contributed by atoms with E-state index in [-0.39, 0.29) is 11.3 Å². The van der Waals surface area contributed by atoms with Crippen molar-refractivity contribution in [2.45, 2.75) is 40.0 Å². The second-order valence-electron chi connectivity index (χ2n) is 7.50. The number of carbonyl (C=O) groups excluding carboxylic acids is 2. The highest BCUT2D eigenvalue weighted by molar-refractivity contribution is 7.14. The van der Waals surface area contributed by atoms with Crippen LogP contribution in [-0.4, -0.2) is 16.8 Å². The summed E-state index contributed by atoms with van der Waals surface area (Å²) in [5, 5.41) is 0.441. The number of hydrogen-bond donors (Lipinski definition) is 3. The van der Waals surface area contributed by atoms with Crippen molar-refractivity contribution in [3.05, 3.63) is 44.4 Å². The van der Waals surface area contributed by atoms with E-state index < -0.39 is 5.91 Å². The maximum atomic E-state index is 12.3. The van der Waals surface area contributed by atoms with E-state index in [1.54, 1.807) is 0 Å². The van der Waals surface area contributed by atoms with E-state index in [0.717, 1.165) is 19.3 Å². The average Bonchev–Trinajstić information content (AvgIpc) is 3.16. The molecule has 5 nitrogen and oxygen atoms in total. The Morgan fingerprint density at radius 2 is 1.96 bits per heavy atom. The second kappa shape index (κ2) is 6.84. The van der Waals surface area contributed by atoms with Gasteiger partial charge in [-0.05, 0) is 48.3 Å². The molecular formula is C18H22ClN3O2S. The summed E-state index contributed by atoms with van der Waals surface area (Å²) in [5.74, 6) is -0.102. The van der Waals surface area contributed by atoms with Crippen LogP contribution in [0.15, 0.2) is 18.3 Å². The number of fused-ring (bicyclic) bond motifs is 1. The van der Waals surface area contributed by atoms with Gasteiger partial charge in [0.2, 0.25) is 0 Å². The molecule has 1 unspecified atom stereocenters. The summed E-state index contributed by atoms with van der Waals surface area (Å²) in [6.07, 6.45) is 4.69. The van der Waals surface area contributed by atoms with Gasteiger partial charge in [0.1, 0.15) is 5.69 Å². The predicted octanol–water partition coefficient (Wildman–Crippen LogP) is 3.96. The quantitative estimate of drug-likeness (QED) is 0.691. The maximum Gasteiger partial charge on any atom is 0.286 e. The number of aromatic nitrogens is 1. The molecule has 0 bridgehead atoms. The summed E-state index contributed by atoms with van der Waals surface area (Å²) in [6.45, 7) is 6.81. The lowest BCUT2D eigenvalue weighted by molar-refractivity contribution is 0.0846. The van der Waals surface area contributed by atoms with E-state index in [4.69, 9.17) is 11.6 Å². The number of rotatable bonds is 2. The highest BCUT2D eigenvalue weighted by Crippen LogP contribution is 2.40. The molecule has 0 fully saturated rings. The number of amides is 2. The molecule has 2 amide bonds. The second-order valence-corrected chi connectivity index (χ2v) is 9.08. The zero-order chi connectivity index (χ0) is 18.2. The molecule has 2 aromatic rings. The van der Waals surface area contributed by atoms with Crippen LogP contribution in [0, 0.1) is 11.3 Å². The first-order valence-corrected chi connectivity index (χ1v) is 9.49. The number of thiophene rings is 1. The van der Waals surface area contributed by atoms with Crippen molar-refractivity contribution in [1.82, 2.24) is 15.8 Å². The molecule has 134 valence electrons. The van der Waals surface area contributed by atoms with Gasteiger partial charge in [0, 0.05) is 11.1 Å². The van der Waals surface area contributed by atoms with Crippen molar-refractivity contribution in [3.8, 4) is 0 Å². The molecule has 3 N–H and O–H groups in total. The normalized spacial score (nSPS) is 17.0. The molecule has 2 heterocycles. The van der Waals surface area contributed by atoms with Crippen molar-refractivity contribution in [1.29, 1.82) is 0 Å². The molecule has 7 heteroatoms. The van der Waals surface area contributed by atoms with Gasteiger partial charge < -0.3 is 4.98 Å². The summed E-state index contributed by atoms with van der Waals surface area (Å²) in [4.78, 5) is 28.9. The first-order chi connectivity index (χ1) is 11.7. The Kier molecular flexibility index (Phi) is 4.93. The Bertz CT molecular complexity index is 804. The summed E-state index contributed by atoms with van der Waals surface area (Å²) < 4.78 is 0. The lowest BCUT2D eigenvalue weighted by Gasteiger charge is -2.33. The van der Waals surface area contributed by atoms with Gasteiger partial charge in [-0.2, -0.15) is 0 Å². The van der Waals surface area contributed by atoms with E-state index >= 15 is 0 Å². The van der Waals surface area contributed by atoms with Crippen LogP contribution < -0.4 is 10.9 Å². The van der Waals surface area contributed by atoms with E-state index in [2.05, 4.69) is 36.6 Å². The zero-order valence-electron chi connectivity index (χ0n) is 14.5. The van der Waals surface area contributed by atoms with Gasteiger partial charge in [0.25, 0.3) is 11.8 Å². The lowest BCUT2D eigenvalue weighted by Crippen LogP contribution is -2.41. The summed E-state index contributed by atoms with van der Waals surface area (Å²) in [7, 11) is 0. The van der Waals surface area contributed by atoms with Crippen molar-refractivity contribution >= 4 is 34.8 Å². The van der Waals surface area contributed by atoms with Gasteiger partial charge in [-0.15, -0.1) is 11.3 Å². The fraction of sp³-hybridized carbons (Fsp3) is 0.444. The van der Waals surface area contributed by atoms with Crippen molar-refractivity contribution in [2.75, 3.05) is 0 Å². The van der Waals surface area contributed by atoms with Crippen LogP contribution in [0.5, 0.6) is 0 Å². The Hall–Kier alpha value is -1.79. The van der Waals surface area contributed by atoms with E-state index in [9.17, 15) is 9.59 Å². The third kappa shape index (κ3) is 4.07. The van der Waals surface area contributed by atoms with Gasteiger partial charge in [-0.1, -0.05) is 32.4 Å². The van der Waals surface area contributed by atoms with E-state index in [1.807, 2.05) is 6.07 Å². The number of hydrazine groups is 1. The van der Waals surface area contributed by atoms with Crippen LogP contribution in [-0.2, 0) is 12.8 Å². The van der Waals surface area contributed by atoms with Gasteiger partial charge >= 0.3 is 0 Å². The van der Waals surface area contributed by atoms with Crippen molar-refractivity contribution in [2.24, 2.45) is 11.3 Å². The summed E-state index contributed by atoms with van der Waals surface area (Å²) in [6, 6.07) is 3.46. The number of aryl methyl sites for hydroxylation is 1. The average molecular weight is 380 g/mol. The Morgan fingerprint density at radius 1 is 1.24 bits per heavy atom. The molecular weight excluding hydrogens is 358 g/mol. The van der Waals surface area contributed by atoms with Crippen molar-refractivity contribution in [3.63, 3.8) is 0 Å². The monoisotopic (exact) mass is 379 g/mol. The molecule has 0 saturated heterocycles. The van der Waals surface area contributed by atoms with E-state index in [1.165, 1.54) is 34.0 Å². The fourth-order valence-corrected chi connectivity index (χ4v) is 4.38. The number of hydrogen-bond acceptors (Lipinski definition) is 3. The van der Waals surface area contributed by atoms with Gasteiger partial charge in [0.05, 0.1) is 9.90 Å². The largest absolute Gasteiger partial charge is 0.356 e. The lowest BCUT2D eigenvalue weighted by atomic mass is 9.72. The third-order valence-corrected chi connectivity index (χ3v) is 6.17. The first-order valence-electron chi connectivity index (χ1n) is 8.30. The number of aromatic amines is 1. The third-order valence-electron chi connectivity index (χ3n) is 4.71. The molecule has 2 aromatic heterocycles. The minimum absolute atomic E-state index is 0.271. The van der Waals surface area contributed by atoms with Crippen LogP contribution in [0.25, 0.3) is 0 Å². The predicted molar refractivity (Wildman–Crippen MR) is 100 cm³/mol. The summed E-state index contributed by atoms with van der Waals surface area (Å²) in [5.41, 5.74) is 6.70. The van der Waals surface area contributed by atoms with Crippen LogP contribution in [0.1, 0.15) is 57.8 Å². The Balaban J connectivity index is 1.62. The molecule has 0 radical (unpaired) electrons. The standard InChI is InChI=1S/C18H22ClN3O2S/c1-18(2,3)11-4-5-14-10(6-11)7-15(25-14)17(24)22-21-16(23)13-8-12(19)9-20-13/h7-9,11,20H,4-6H2,1-3H3,(H,21,23)(H,22,24). The number of H-pyrrole nitrogens is 1. The Morgan fingerprint density at radius 3 is 2.60 bits per heavy atom. The highest BCUT2D eigenvalue weighted by atomic mass is 35.5. The molecule has 1 atom stereocenters. The minimum Gasteiger partial charge on any atom is -0.356 e. The topological polar surface area (TPSA) is 74.0 Å². The molecule has 0 saturated carbocycles. The summed E-state index contributed by atoms with van der Waals surface area (Å²) >= 11 is 7.28. The van der Waals surface area contributed by atoms with Gasteiger partial charge in [0.15, 0.2) is 0 Å².